The molecule has 0 aliphatic heterocycles. The monoisotopic (exact) mass is 544 g/mol. The summed E-state index contributed by atoms with van der Waals surface area (Å²) in [5.74, 6) is -0.364. The summed E-state index contributed by atoms with van der Waals surface area (Å²) in [5.41, 5.74) is 2.75. The van der Waals surface area contributed by atoms with Crippen LogP contribution in [0.3, 0.4) is 0 Å². The largest absolute Gasteiger partial charge is 0.404 e. The fourth-order valence-electron chi connectivity index (χ4n) is 3.90. The van der Waals surface area contributed by atoms with E-state index in [0.717, 1.165) is 12.8 Å². The van der Waals surface area contributed by atoms with E-state index in [2.05, 4.69) is 20.4 Å². The molecule has 0 spiro atoms. The molecule has 1 aliphatic carbocycles. The second-order valence-electron chi connectivity index (χ2n) is 8.64. The first kappa shape index (κ1) is 25.6. The van der Waals surface area contributed by atoms with Crippen LogP contribution in [0, 0.1) is 0 Å². The second kappa shape index (κ2) is 10.7. The molecule has 0 aromatic carbocycles. The Morgan fingerprint density at radius 3 is 2.86 bits per heavy atom. The summed E-state index contributed by atoms with van der Waals surface area (Å²) >= 11 is 1.30. The van der Waals surface area contributed by atoms with Gasteiger partial charge in [-0.2, -0.15) is 24.5 Å². The van der Waals surface area contributed by atoms with Gasteiger partial charge in [-0.1, -0.05) is 6.07 Å². The van der Waals surface area contributed by atoms with Crippen LogP contribution in [0.25, 0.3) is 22.0 Å². The molecular formula is C23H27N7O5PS+. The topological polar surface area (TPSA) is 149 Å². The van der Waals surface area contributed by atoms with E-state index in [4.69, 9.17) is 14.4 Å². The minimum absolute atomic E-state index is 0.109. The zero-order chi connectivity index (χ0) is 26.0. The maximum absolute atomic E-state index is 13.1. The van der Waals surface area contributed by atoms with Gasteiger partial charge >= 0.3 is 7.94 Å². The zero-order valence-corrected chi connectivity index (χ0v) is 22.0. The van der Waals surface area contributed by atoms with E-state index >= 15 is 0 Å². The van der Waals surface area contributed by atoms with Crippen molar-refractivity contribution >= 4 is 30.9 Å². The molecule has 0 saturated heterocycles. The molecule has 0 unspecified atom stereocenters. The van der Waals surface area contributed by atoms with E-state index in [1.165, 1.54) is 22.7 Å². The van der Waals surface area contributed by atoms with Crippen molar-refractivity contribution in [1.82, 2.24) is 29.5 Å². The Balaban J connectivity index is 1.31. The number of nitrogens with one attached hydrogen (secondary N) is 1. The van der Waals surface area contributed by atoms with Gasteiger partial charge in [0.2, 0.25) is 0 Å². The number of amides is 1. The Bertz CT molecular complexity index is 1360. The van der Waals surface area contributed by atoms with Crippen molar-refractivity contribution in [2.24, 2.45) is 0 Å². The molecule has 4 aromatic rings. The lowest BCUT2D eigenvalue weighted by molar-refractivity contribution is -0.0226. The number of carbonyl (C=O) groups excluding carboxylic acids is 1. The third-order valence-corrected chi connectivity index (χ3v) is 7.28. The summed E-state index contributed by atoms with van der Waals surface area (Å²) in [4.78, 5) is 40.8. The first-order chi connectivity index (χ1) is 17.8. The van der Waals surface area contributed by atoms with Crippen LogP contribution < -0.4 is 5.32 Å². The fourth-order valence-corrected chi connectivity index (χ4v) is 5.01. The lowest BCUT2D eigenvalue weighted by atomic mass is 9.89. The number of pyridine rings is 1. The van der Waals surface area contributed by atoms with Crippen molar-refractivity contribution < 1.29 is 23.8 Å². The standard InChI is InChI=1S/C23H26N7O5PS/c1-3-34-17-8-16(9-17)30-12-19(21(28-30)18-6-4-5-7-24-18)26-22(31)20-13-37-23(27-20)15-10-25-29(11-15)14-35-36(2,32)33/h4-7,10-13,16-17,32-33H,3,8-9,14H2,1-2H3/p+1. The lowest BCUT2D eigenvalue weighted by Crippen LogP contribution is -2.33. The van der Waals surface area contributed by atoms with Gasteiger partial charge in [-0.15, -0.1) is 11.3 Å². The van der Waals surface area contributed by atoms with Crippen LogP contribution in [0.4, 0.5) is 5.69 Å². The lowest BCUT2D eigenvalue weighted by Gasteiger charge is -2.34. The van der Waals surface area contributed by atoms with Gasteiger partial charge in [0, 0.05) is 36.1 Å². The quantitative estimate of drug-likeness (QED) is 0.255. The number of anilines is 1. The average Bonchev–Trinajstić information content (AvgIpc) is 3.59. The molecule has 1 amide bonds. The Morgan fingerprint density at radius 2 is 2.14 bits per heavy atom. The summed E-state index contributed by atoms with van der Waals surface area (Å²) in [6, 6.07) is 5.76. The van der Waals surface area contributed by atoms with Crippen molar-refractivity contribution in [3.05, 3.63) is 54.1 Å². The number of thiazole rings is 1. The molecular weight excluding hydrogens is 517 g/mol. The maximum Gasteiger partial charge on any atom is 0.404 e. The molecule has 12 nitrogen and oxygen atoms in total. The summed E-state index contributed by atoms with van der Waals surface area (Å²) < 4.78 is 14.0. The number of ether oxygens (including phenoxy) is 1. The van der Waals surface area contributed by atoms with E-state index in [1.807, 2.05) is 36.0 Å². The summed E-state index contributed by atoms with van der Waals surface area (Å²) in [6.07, 6.45) is 8.74. The molecule has 4 aromatic heterocycles. The summed E-state index contributed by atoms with van der Waals surface area (Å²) in [6.45, 7) is 3.79. The average molecular weight is 545 g/mol. The van der Waals surface area contributed by atoms with Crippen LogP contribution in [0.15, 0.2) is 48.4 Å². The molecule has 0 radical (unpaired) electrons. The van der Waals surface area contributed by atoms with Gasteiger partial charge in [0.05, 0.1) is 29.7 Å². The number of hydrogen-bond donors (Lipinski definition) is 3. The number of rotatable bonds is 10. The molecule has 1 aliphatic rings. The van der Waals surface area contributed by atoms with Crippen LogP contribution in [0.2, 0.25) is 0 Å². The first-order valence-corrected chi connectivity index (χ1v) is 14.6. The minimum atomic E-state index is -3.37. The molecule has 1 saturated carbocycles. The first-order valence-electron chi connectivity index (χ1n) is 11.7. The second-order valence-corrected chi connectivity index (χ2v) is 11.4. The van der Waals surface area contributed by atoms with Gasteiger partial charge in [-0.05, 0) is 31.9 Å². The van der Waals surface area contributed by atoms with Gasteiger partial charge < -0.3 is 10.1 Å². The van der Waals surface area contributed by atoms with Crippen molar-refractivity contribution in [3.63, 3.8) is 0 Å². The molecule has 0 atom stereocenters. The maximum atomic E-state index is 13.1. The van der Waals surface area contributed by atoms with Crippen LogP contribution in [-0.4, -0.2) is 64.6 Å². The minimum Gasteiger partial charge on any atom is -0.378 e. The molecule has 37 heavy (non-hydrogen) atoms. The number of nitrogens with zero attached hydrogens (tertiary/aromatic N) is 6. The third kappa shape index (κ3) is 6.09. The van der Waals surface area contributed by atoms with Crippen molar-refractivity contribution in [2.45, 2.75) is 38.6 Å². The van der Waals surface area contributed by atoms with Crippen LogP contribution in [0.5, 0.6) is 0 Å². The van der Waals surface area contributed by atoms with E-state index < -0.39 is 7.94 Å². The predicted molar refractivity (Wildman–Crippen MR) is 139 cm³/mol. The van der Waals surface area contributed by atoms with Gasteiger partial charge in [0.15, 0.2) is 6.73 Å². The van der Waals surface area contributed by atoms with Crippen molar-refractivity contribution in [3.8, 4) is 22.0 Å². The van der Waals surface area contributed by atoms with E-state index in [9.17, 15) is 14.6 Å². The Kier molecular flexibility index (Phi) is 7.43. The molecule has 3 N–H and O–H groups in total. The van der Waals surface area contributed by atoms with E-state index in [-0.39, 0.29) is 30.5 Å². The highest BCUT2D eigenvalue weighted by molar-refractivity contribution is 7.58. The summed E-state index contributed by atoms with van der Waals surface area (Å²) in [5, 5.41) is 14.1. The molecule has 4 heterocycles. The van der Waals surface area contributed by atoms with Crippen LogP contribution in [-0.2, 0) is 16.0 Å². The van der Waals surface area contributed by atoms with Gasteiger partial charge in [-0.3, -0.25) is 14.5 Å². The predicted octanol–water partition coefficient (Wildman–Crippen LogP) is 3.61. The molecule has 0 bridgehead atoms. The number of hydrogen-bond acceptors (Lipinski definition) is 10. The molecule has 1 fully saturated rings. The van der Waals surface area contributed by atoms with E-state index in [0.29, 0.717) is 34.3 Å². The highest BCUT2D eigenvalue weighted by Crippen LogP contribution is 2.46. The summed E-state index contributed by atoms with van der Waals surface area (Å²) in [7, 11) is -3.37. The Labute approximate surface area is 217 Å². The fraction of sp³-hybridized carbons (Fsp3) is 0.348. The van der Waals surface area contributed by atoms with E-state index in [1.54, 1.807) is 24.0 Å². The highest BCUT2D eigenvalue weighted by Gasteiger charge is 2.33. The Hall–Kier alpha value is -3.06. The van der Waals surface area contributed by atoms with Crippen LogP contribution >= 0.6 is 19.3 Å². The molecule has 5 rings (SSSR count). The van der Waals surface area contributed by atoms with Gasteiger partial charge in [0.1, 0.15) is 23.1 Å². The van der Waals surface area contributed by atoms with Crippen LogP contribution in [0.1, 0.15) is 36.3 Å². The van der Waals surface area contributed by atoms with Gasteiger partial charge in [-0.25, -0.2) is 9.67 Å². The van der Waals surface area contributed by atoms with Crippen molar-refractivity contribution in [2.75, 3.05) is 18.6 Å². The van der Waals surface area contributed by atoms with Crippen molar-refractivity contribution in [1.29, 1.82) is 0 Å². The SMILES string of the molecule is CCOC1CC(n2cc(NC(=O)c3csc(-c4cnn(CO[P+](C)(O)O)c4)n3)c(-c3ccccn3)n2)C1. The zero-order valence-electron chi connectivity index (χ0n) is 20.3. The van der Waals surface area contributed by atoms with Gasteiger partial charge in [0.25, 0.3) is 5.91 Å². The normalized spacial score (nSPS) is 17.5. The highest BCUT2D eigenvalue weighted by atomic mass is 32.1. The molecule has 194 valence electrons. The number of carbonyl (C=O) groups is 1. The Morgan fingerprint density at radius 1 is 1.30 bits per heavy atom. The smallest absolute Gasteiger partial charge is 0.378 e. The third-order valence-electron chi connectivity index (χ3n) is 5.79. The number of aromatic nitrogens is 6. The molecule has 14 heteroatoms.